The molecule has 1 aliphatic heterocycles. The van der Waals surface area contributed by atoms with E-state index in [0.717, 1.165) is 33.6 Å². The van der Waals surface area contributed by atoms with Crippen molar-refractivity contribution >= 4 is 17.3 Å². The van der Waals surface area contributed by atoms with Gasteiger partial charge in [-0.15, -0.1) is 0 Å². The molecule has 0 saturated heterocycles. The number of carbonyl (C=O) groups excluding carboxylic acids is 1. The molecule has 0 spiro atoms. The molecule has 2 N–H and O–H groups in total. The first kappa shape index (κ1) is 22.4. The van der Waals surface area contributed by atoms with Crippen LogP contribution in [-0.4, -0.2) is 36.2 Å². The number of para-hydroxylation sites is 1. The first-order chi connectivity index (χ1) is 17.1. The number of hydrogen-bond acceptors (Lipinski definition) is 8. The molecule has 0 amide bonds. The van der Waals surface area contributed by atoms with Gasteiger partial charge in [-0.2, -0.15) is 0 Å². The van der Waals surface area contributed by atoms with E-state index >= 15 is 0 Å². The number of esters is 1. The molecule has 1 unspecified atom stereocenters. The highest BCUT2D eigenvalue weighted by atomic mass is 16.5. The number of fused-ring (bicyclic) bond motifs is 1. The molecule has 9 heteroatoms. The van der Waals surface area contributed by atoms with E-state index in [1.807, 2.05) is 72.5 Å². The maximum Gasteiger partial charge on any atom is 0.439 e. The lowest BCUT2D eigenvalue weighted by atomic mass is 9.98. The molecule has 178 valence electrons. The van der Waals surface area contributed by atoms with Gasteiger partial charge < -0.3 is 19.7 Å². The van der Waals surface area contributed by atoms with Crippen LogP contribution in [0.4, 0.5) is 11.4 Å². The number of carbonyl (C=O) groups is 1. The van der Waals surface area contributed by atoms with Gasteiger partial charge in [0.25, 0.3) is 0 Å². The van der Waals surface area contributed by atoms with E-state index in [9.17, 15) is 9.59 Å². The van der Waals surface area contributed by atoms with Gasteiger partial charge in [-0.3, -0.25) is 9.51 Å². The molecule has 1 aliphatic rings. The zero-order chi connectivity index (χ0) is 24.4. The number of rotatable bonds is 7. The number of methoxy groups -OCH3 is 1. The van der Waals surface area contributed by atoms with Gasteiger partial charge in [0.2, 0.25) is 6.35 Å². The van der Waals surface area contributed by atoms with Crippen molar-refractivity contribution in [2.24, 2.45) is 0 Å². The van der Waals surface area contributed by atoms with Gasteiger partial charge in [0, 0.05) is 18.7 Å². The summed E-state index contributed by atoms with van der Waals surface area (Å²) < 4.78 is 15.6. The summed E-state index contributed by atoms with van der Waals surface area (Å²) >= 11 is 0. The van der Waals surface area contributed by atoms with Crippen LogP contribution in [0, 0.1) is 0 Å². The fourth-order valence-electron chi connectivity index (χ4n) is 4.30. The first-order valence-electron chi connectivity index (χ1n) is 11.2. The minimum Gasteiger partial charge on any atom is -0.465 e. The van der Waals surface area contributed by atoms with Crippen LogP contribution in [0.1, 0.15) is 22.8 Å². The summed E-state index contributed by atoms with van der Waals surface area (Å²) in [5, 5.41) is 7.17. The number of aromatic nitrogens is 2. The molecule has 2 heterocycles. The normalized spacial score (nSPS) is 14.5. The second-order valence-electron chi connectivity index (χ2n) is 7.96. The fourth-order valence-corrected chi connectivity index (χ4v) is 4.30. The number of aromatic amines is 1. The number of H-pyrrole nitrogens is 1. The van der Waals surface area contributed by atoms with Crippen molar-refractivity contribution in [3.8, 4) is 22.5 Å². The lowest BCUT2D eigenvalue weighted by Crippen LogP contribution is -2.38. The summed E-state index contributed by atoms with van der Waals surface area (Å²) in [6.45, 7) is 2.95. The second kappa shape index (κ2) is 9.47. The molecule has 0 fully saturated rings. The average Bonchev–Trinajstić information content (AvgIpc) is 3.47. The van der Waals surface area contributed by atoms with Crippen LogP contribution in [0.5, 0.6) is 0 Å². The Balaban J connectivity index is 1.46. The Kier molecular flexibility index (Phi) is 6.07. The summed E-state index contributed by atoms with van der Waals surface area (Å²) in [5.74, 6) is -0.618. The van der Waals surface area contributed by atoms with Crippen molar-refractivity contribution in [2.45, 2.75) is 19.8 Å². The van der Waals surface area contributed by atoms with Crippen LogP contribution in [0.2, 0.25) is 0 Å². The summed E-state index contributed by atoms with van der Waals surface area (Å²) in [6, 6.07) is 21.2. The van der Waals surface area contributed by atoms with Gasteiger partial charge in [0.1, 0.15) is 0 Å². The lowest BCUT2D eigenvalue weighted by Gasteiger charge is -2.27. The zero-order valence-electron chi connectivity index (χ0n) is 19.3. The summed E-state index contributed by atoms with van der Waals surface area (Å²) in [7, 11) is 1.37. The minimum atomic E-state index is -0.597. The Morgan fingerprint density at radius 3 is 2.51 bits per heavy atom. The molecule has 0 aliphatic carbocycles. The highest BCUT2D eigenvalue weighted by molar-refractivity contribution is 6.00. The number of hydrogen-bond donors (Lipinski definition) is 2. The molecule has 0 radical (unpaired) electrons. The Bertz CT molecular complexity index is 1410. The minimum absolute atomic E-state index is 0.379. The summed E-state index contributed by atoms with van der Waals surface area (Å²) in [4.78, 5) is 28.5. The Labute approximate surface area is 201 Å². The van der Waals surface area contributed by atoms with Crippen molar-refractivity contribution in [3.05, 3.63) is 88.4 Å². The first-order valence-corrected chi connectivity index (χ1v) is 11.2. The van der Waals surface area contributed by atoms with Crippen molar-refractivity contribution in [2.75, 3.05) is 23.9 Å². The van der Waals surface area contributed by atoms with Gasteiger partial charge in [-0.1, -0.05) is 59.8 Å². The van der Waals surface area contributed by atoms with Crippen LogP contribution in [-0.2, 0) is 16.0 Å². The van der Waals surface area contributed by atoms with E-state index in [0.29, 0.717) is 24.5 Å². The van der Waals surface area contributed by atoms with Crippen LogP contribution in [0.25, 0.3) is 22.5 Å². The average molecular weight is 473 g/mol. The predicted molar refractivity (Wildman–Crippen MR) is 131 cm³/mol. The second-order valence-corrected chi connectivity index (χ2v) is 7.96. The van der Waals surface area contributed by atoms with Crippen LogP contribution in [0.3, 0.4) is 0 Å². The number of anilines is 2. The van der Waals surface area contributed by atoms with Crippen molar-refractivity contribution in [1.29, 1.82) is 0 Å². The molecule has 5 rings (SSSR count). The molecule has 1 atom stereocenters. The van der Waals surface area contributed by atoms with Crippen LogP contribution >= 0.6 is 0 Å². The molecule has 1 aromatic heterocycles. The third-order valence-corrected chi connectivity index (χ3v) is 5.86. The standard InChI is InChI=1S/C26H24N4O5/c1-3-34-25-27-21-10-6-9-20(24(31)33-2)22(21)30(25)15-16-11-13-17(14-12-16)18-7-4-5-8-19(18)23-28-26(32)35-29-23/h4-14,25,27H,3,15H2,1-2H3,(H,28,29,32). The number of nitrogens with zero attached hydrogens (tertiary/aromatic N) is 2. The third-order valence-electron chi connectivity index (χ3n) is 5.86. The zero-order valence-corrected chi connectivity index (χ0v) is 19.3. The van der Waals surface area contributed by atoms with Gasteiger partial charge >= 0.3 is 11.7 Å². The van der Waals surface area contributed by atoms with E-state index in [4.69, 9.17) is 9.47 Å². The molecular weight excluding hydrogens is 448 g/mol. The van der Waals surface area contributed by atoms with Gasteiger partial charge in [0.15, 0.2) is 5.82 Å². The molecule has 0 saturated carbocycles. The van der Waals surface area contributed by atoms with E-state index in [1.54, 1.807) is 6.07 Å². The lowest BCUT2D eigenvalue weighted by molar-refractivity contribution is 0.0599. The Morgan fingerprint density at radius 1 is 1.06 bits per heavy atom. The molecule has 35 heavy (non-hydrogen) atoms. The van der Waals surface area contributed by atoms with E-state index < -0.39 is 18.1 Å². The summed E-state index contributed by atoms with van der Waals surface area (Å²) in [5.41, 5.74) is 5.72. The topological polar surface area (TPSA) is 110 Å². The van der Waals surface area contributed by atoms with Crippen LogP contribution < -0.4 is 16.0 Å². The van der Waals surface area contributed by atoms with Crippen molar-refractivity contribution in [1.82, 2.24) is 10.1 Å². The van der Waals surface area contributed by atoms with E-state index in [-0.39, 0.29) is 0 Å². The molecule has 9 nitrogen and oxygen atoms in total. The SMILES string of the molecule is CCOC1Nc2cccc(C(=O)OC)c2N1Cc1ccc(-c2ccccc2-c2noc(=O)[nH]2)cc1. The fraction of sp³-hybridized carbons (Fsp3) is 0.192. The Morgan fingerprint density at radius 2 is 1.83 bits per heavy atom. The Hall–Kier alpha value is -4.37. The van der Waals surface area contributed by atoms with Crippen molar-refractivity contribution in [3.63, 3.8) is 0 Å². The number of benzene rings is 3. The molecule has 4 aromatic rings. The smallest absolute Gasteiger partial charge is 0.439 e. The van der Waals surface area contributed by atoms with Crippen LogP contribution in [0.15, 0.2) is 76.0 Å². The number of ether oxygens (including phenoxy) is 2. The molecule has 3 aromatic carbocycles. The monoisotopic (exact) mass is 472 g/mol. The maximum absolute atomic E-state index is 12.4. The highest BCUT2D eigenvalue weighted by Gasteiger charge is 2.33. The van der Waals surface area contributed by atoms with E-state index in [1.165, 1.54) is 7.11 Å². The molecule has 0 bridgehead atoms. The third kappa shape index (κ3) is 4.29. The number of nitrogens with one attached hydrogen (secondary N) is 2. The molecular formula is C26H24N4O5. The van der Waals surface area contributed by atoms with Gasteiger partial charge in [-0.25, -0.2) is 9.59 Å². The van der Waals surface area contributed by atoms with Gasteiger partial charge in [0.05, 0.1) is 24.0 Å². The van der Waals surface area contributed by atoms with E-state index in [2.05, 4.69) is 20.0 Å². The van der Waals surface area contributed by atoms with Gasteiger partial charge in [-0.05, 0) is 35.7 Å². The largest absolute Gasteiger partial charge is 0.465 e. The summed E-state index contributed by atoms with van der Waals surface area (Å²) in [6.07, 6.45) is -0.412. The van der Waals surface area contributed by atoms with Crippen molar-refractivity contribution < 1.29 is 18.8 Å². The maximum atomic E-state index is 12.4. The quantitative estimate of drug-likeness (QED) is 0.385. The highest BCUT2D eigenvalue weighted by Crippen LogP contribution is 2.39. The predicted octanol–water partition coefficient (Wildman–Crippen LogP) is 4.24.